The Morgan fingerprint density at radius 3 is 2.29 bits per heavy atom. The molecular weight excluding hydrogens is 197 g/mol. The van der Waals surface area contributed by atoms with Crippen LogP contribution in [0.2, 0.25) is 0 Å². The maximum atomic E-state index is 12.3. The normalized spacial score (nSPS) is 13.5. The maximum absolute atomic E-state index is 12.3. The van der Waals surface area contributed by atoms with Crippen LogP contribution in [-0.2, 0) is 9.53 Å². The standard InChI is InChI=1S/C9H13F3O2/c1-4-14-8(13)7(5-6(2)3)9(10,11)12/h7H,2,4-5H2,1,3H3. The number of carbonyl (C=O) groups is 1. The van der Waals surface area contributed by atoms with Crippen LogP contribution in [0, 0.1) is 5.92 Å². The largest absolute Gasteiger partial charge is 0.466 e. The SMILES string of the molecule is C=C(C)CC(C(=O)OCC)C(F)(F)F. The van der Waals surface area contributed by atoms with E-state index in [0.717, 1.165) is 0 Å². The Bertz CT molecular complexity index is 221. The number of halogens is 3. The van der Waals surface area contributed by atoms with Gasteiger partial charge in [-0.15, -0.1) is 6.58 Å². The first-order chi connectivity index (χ1) is 6.29. The molecule has 0 spiro atoms. The van der Waals surface area contributed by atoms with Gasteiger partial charge >= 0.3 is 12.1 Å². The lowest BCUT2D eigenvalue weighted by Crippen LogP contribution is -2.32. The van der Waals surface area contributed by atoms with Gasteiger partial charge in [0, 0.05) is 0 Å². The number of hydrogen-bond acceptors (Lipinski definition) is 2. The summed E-state index contributed by atoms with van der Waals surface area (Å²) in [6, 6.07) is 0. The van der Waals surface area contributed by atoms with E-state index in [1.807, 2.05) is 0 Å². The van der Waals surface area contributed by atoms with Crippen molar-refractivity contribution in [3.8, 4) is 0 Å². The molecule has 0 bridgehead atoms. The highest BCUT2D eigenvalue weighted by atomic mass is 19.4. The minimum Gasteiger partial charge on any atom is -0.466 e. The Labute approximate surface area is 80.7 Å². The average Bonchev–Trinajstić information content (AvgIpc) is 1.98. The van der Waals surface area contributed by atoms with Gasteiger partial charge in [-0.3, -0.25) is 4.79 Å². The van der Waals surface area contributed by atoms with E-state index in [-0.39, 0.29) is 6.61 Å². The van der Waals surface area contributed by atoms with Crippen molar-refractivity contribution in [2.45, 2.75) is 26.4 Å². The lowest BCUT2D eigenvalue weighted by molar-refractivity contribution is -0.197. The van der Waals surface area contributed by atoms with Crippen LogP contribution in [0.5, 0.6) is 0 Å². The Kier molecular flexibility index (Phi) is 4.67. The van der Waals surface area contributed by atoms with E-state index in [0.29, 0.717) is 5.57 Å². The molecule has 1 unspecified atom stereocenters. The molecule has 0 aliphatic heterocycles. The predicted octanol–water partition coefficient (Wildman–Crippen LogP) is 2.69. The molecule has 0 rings (SSSR count). The molecule has 0 aromatic rings. The molecule has 0 aromatic carbocycles. The zero-order valence-corrected chi connectivity index (χ0v) is 8.15. The first-order valence-electron chi connectivity index (χ1n) is 4.16. The summed E-state index contributed by atoms with van der Waals surface area (Å²) >= 11 is 0. The number of esters is 1. The van der Waals surface area contributed by atoms with Crippen LogP contribution in [0.1, 0.15) is 20.3 Å². The van der Waals surface area contributed by atoms with Crippen molar-refractivity contribution >= 4 is 5.97 Å². The van der Waals surface area contributed by atoms with E-state index in [9.17, 15) is 18.0 Å². The smallest absolute Gasteiger partial charge is 0.402 e. The molecule has 14 heavy (non-hydrogen) atoms. The Morgan fingerprint density at radius 2 is 2.00 bits per heavy atom. The van der Waals surface area contributed by atoms with Gasteiger partial charge in [-0.2, -0.15) is 13.2 Å². The average molecular weight is 210 g/mol. The summed E-state index contributed by atoms with van der Waals surface area (Å²) in [7, 11) is 0. The fourth-order valence-corrected chi connectivity index (χ4v) is 0.924. The highest BCUT2D eigenvalue weighted by Crippen LogP contribution is 2.31. The monoisotopic (exact) mass is 210 g/mol. The molecule has 0 aliphatic rings. The number of rotatable bonds is 4. The maximum Gasteiger partial charge on any atom is 0.402 e. The number of alkyl halides is 3. The summed E-state index contributed by atoms with van der Waals surface area (Å²) in [5, 5.41) is 0. The molecule has 0 saturated heterocycles. The van der Waals surface area contributed by atoms with Gasteiger partial charge in [0.05, 0.1) is 6.61 Å². The quantitative estimate of drug-likeness (QED) is 0.526. The van der Waals surface area contributed by atoms with Gasteiger partial charge < -0.3 is 4.74 Å². The topological polar surface area (TPSA) is 26.3 Å². The molecule has 2 nitrogen and oxygen atoms in total. The summed E-state index contributed by atoms with van der Waals surface area (Å²) in [4.78, 5) is 10.9. The zero-order chi connectivity index (χ0) is 11.4. The van der Waals surface area contributed by atoms with Crippen LogP contribution in [0.3, 0.4) is 0 Å². The molecule has 5 heteroatoms. The third-order valence-electron chi connectivity index (χ3n) is 1.52. The molecule has 0 aromatic heterocycles. The first kappa shape index (κ1) is 13.0. The minimum atomic E-state index is -4.56. The lowest BCUT2D eigenvalue weighted by atomic mass is 10.0. The third-order valence-corrected chi connectivity index (χ3v) is 1.52. The summed E-state index contributed by atoms with van der Waals surface area (Å²) < 4.78 is 41.3. The van der Waals surface area contributed by atoms with Crippen LogP contribution in [0.4, 0.5) is 13.2 Å². The predicted molar refractivity (Wildman–Crippen MR) is 45.6 cm³/mol. The number of ether oxygens (including phenoxy) is 1. The van der Waals surface area contributed by atoms with Gasteiger partial charge in [0.1, 0.15) is 0 Å². The first-order valence-corrected chi connectivity index (χ1v) is 4.16. The second kappa shape index (κ2) is 5.02. The van der Waals surface area contributed by atoms with Crippen molar-refractivity contribution in [2.24, 2.45) is 5.92 Å². The number of hydrogen-bond donors (Lipinski definition) is 0. The molecule has 0 N–H and O–H groups in total. The van der Waals surface area contributed by atoms with Crippen molar-refractivity contribution < 1.29 is 22.7 Å². The van der Waals surface area contributed by atoms with Crippen molar-refractivity contribution in [1.29, 1.82) is 0 Å². The Morgan fingerprint density at radius 1 is 1.50 bits per heavy atom. The molecular formula is C9H13F3O2. The van der Waals surface area contributed by atoms with Crippen molar-refractivity contribution in [1.82, 2.24) is 0 Å². The lowest BCUT2D eigenvalue weighted by Gasteiger charge is -2.18. The summed E-state index contributed by atoms with van der Waals surface area (Å²) in [6.45, 7) is 6.20. The van der Waals surface area contributed by atoms with E-state index >= 15 is 0 Å². The van der Waals surface area contributed by atoms with E-state index in [1.54, 1.807) is 0 Å². The summed E-state index contributed by atoms with van der Waals surface area (Å²) in [5.41, 5.74) is 0.306. The molecule has 0 radical (unpaired) electrons. The fraction of sp³-hybridized carbons (Fsp3) is 0.667. The van der Waals surface area contributed by atoms with Gasteiger partial charge in [-0.25, -0.2) is 0 Å². The van der Waals surface area contributed by atoms with Gasteiger partial charge in [-0.05, 0) is 20.3 Å². The fourth-order valence-electron chi connectivity index (χ4n) is 0.924. The third kappa shape index (κ3) is 4.30. The highest BCUT2D eigenvalue weighted by Gasteiger charge is 2.45. The van der Waals surface area contributed by atoms with Crippen LogP contribution in [0.15, 0.2) is 12.2 Å². The second-order valence-electron chi connectivity index (χ2n) is 3.01. The van der Waals surface area contributed by atoms with Crippen molar-refractivity contribution in [2.75, 3.05) is 6.61 Å². The van der Waals surface area contributed by atoms with Crippen LogP contribution < -0.4 is 0 Å². The van der Waals surface area contributed by atoms with Gasteiger partial charge in [0.25, 0.3) is 0 Å². The molecule has 0 amide bonds. The van der Waals surface area contributed by atoms with Gasteiger partial charge in [0.2, 0.25) is 0 Å². The second-order valence-corrected chi connectivity index (χ2v) is 3.01. The highest BCUT2D eigenvalue weighted by molar-refractivity contribution is 5.73. The zero-order valence-electron chi connectivity index (χ0n) is 8.15. The summed E-state index contributed by atoms with van der Waals surface area (Å²) in [6.07, 6.45) is -4.98. The van der Waals surface area contributed by atoms with E-state index in [4.69, 9.17) is 0 Å². The number of carbonyl (C=O) groups excluding carboxylic acids is 1. The molecule has 0 aliphatic carbocycles. The number of allylic oxidation sites excluding steroid dienone is 1. The Hall–Kier alpha value is -1.00. The van der Waals surface area contributed by atoms with E-state index in [1.165, 1.54) is 13.8 Å². The van der Waals surface area contributed by atoms with E-state index < -0.39 is 24.5 Å². The minimum absolute atomic E-state index is 0.0540. The Balaban J connectivity index is 4.55. The molecule has 82 valence electrons. The van der Waals surface area contributed by atoms with Crippen LogP contribution in [0.25, 0.3) is 0 Å². The van der Waals surface area contributed by atoms with E-state index in [2.05, 4.69) is 11.3 Å². The molecule has 0 fully saturated rings. The van der Waals surface area contributed by atoms with Crippen molar-refractivity contribution in [3.63, 3.8) is 0 Å². The molecule has 0 saturated carbocycles. The molecule has 1 atom stereocenters. The summed E-state index contributed by atoms with van der Waals surface area (Å²) in [5.74, 6) is -3.32. The van der Waals surface area contributed by atoms with Crippen molar-refractivity contribution in [3.05, 3.63) is 12.2 Å². The van der Waals surface area contributed by atoms with Gasteiger partial charge in [0.15, 0.2) is 5.92 Å². The molecule has 0 heterocycles. The van der Waals surface area contributed by atoms with Crippen LogP contribution in [-0.4, -0.2) is 18.8 Å². The van der Waals surface area contributed by atoms with Crippen LogP contribution >= 0.6 is 0 Å². The van der Waals surface area contributed by atoms with Gasteiger partial charge in [-0.1, -0.05) is 5.57 Å².